The second-order valence-electron chi connectivity index (χ2n) is 7.94. The molecule has 1 atom stereocenters. The van der Waals surface area contributed by atoms with Crippen molar-refractivity contribution < 1.29 is 19.4 Å². The Bertz CT molecular complexity index is 998. The van der Waals surface area contributed by atoms with Gasteiger partial charge in [0.1, 0.15) is 11.5 Å². The Morgan fingerprint density at radius 1 is 1.03 bits per heavy atom. The fourth-order valence-corrected chi connectivity index (χ4v) is 4.24. The number of hydrogen-bond acceptors (Lipinski definition) is 5. The number of aliphatic hydroxyl groups excluding tert-OH is 1. The number of likely N-dealkylation sites (tertiary alicyclic amines) is 1. The highest BCUT2D eigenvalue weighted by Crippen LogP contribution is 2.39. The summed E-state index contributed by atoms with van der Waals surface area (Å²) in [5, 5.41) is 11.1. The molecule has 1 amide bonds. The summed E-state index contributed by atoms with van der Waals surface area (Å²) in [6.07, 6.45) is 0.903. The Kier molecular flexibility index (Phi) is 8.69. The monoisotopic (exact) mass is 514 g/mol. The number of likely N-dealkylation sites (N-methyl/N-ethyl adjacent to an activating group) is 1. The molecule has 2 aromatic carbocycles. The van der Waals surface area contributed by atoms with E-state index in [1.807, 2.05) is 31.2 Å². The first kappa shape index (κ1) is 25.0. The summed E-state index contributed by atoms with van der Waals surface area (Å²) < 4.78 is 6.54. The molecule has 1 aliphatic rings. The molecule has 1 heterocycles. The molecule has 176 valence electrons. The van der Waals surface area contributed by atoms with Crippen molar-refractivity contribution in [3.8, 4) is 5.75 Å². The SMILES string of the molecule is CCCOc1ccc(C2/C(=C(\O)c3ccc(Br)cc3)C(=O)C(=O)N2CCN(CC)CC)cc1. The number of halogens is 1. The lowest BCUT2D eigenvalue weighted by Crippen LogP contribution is -2.38. The van der Waals surface area contributed by atoms with Crippen LogP contribution < -0.4 is 4.74 Å². The van der Waals surface area contributed by atoms with Crippen LogP contribution in [0.2, 0.25) is 0 Å². The van der Waals surface area contributed by atoms with Gasteiger partial charge in [-0.1, -0.05) is 61.0 Å². The second-order valence-corrected chi connectivity index (χ2v) is 8.86. The van der Waals surface area contributed by atoms with E-state index in [0.717, 1.165) is 35.3 Å². The van der Waals surface area contributed by atoms with Crippen molar-refractivity contribution in [2.45, 2.75) is 33.2 Å². The van der Waals surface area contributed by atoms with Gasteiger partial charge in [0.2, 0.25) is 0 Å². The zero-order valence-electron chi connectivity index (χ0n) is 19.4. The van der Waals surface area contributed by atoms with Gasteiger partial charge in [-0.05, 0) is 49.3 Å². The van der Waals surface area contributed by atoms with E-state index in [2.05, 4.69) is 34.7 Å². The molecule has 33 heavy (non-hydrogen) atoms. The molecule has 0 saturated carbocycles. The minimum atomic E-state index is -0.663. The fourth-order valence-electron chi connectivity index (χ4n) is 3.98. The lowest BCUT2D eigenvalue weighted by Gasteiger charge is -2.28. The fraction of sp³-hybridized carbons (Fsp3) is 0.385. The summed E-state index contributed by atoms with van der Waals surface area (Å²) in [7, 11) is 0. The normalized spacial score (nSPS) is 17.7. The van der Waals surface area contributed by atoms with Crippen molar-refractivity contribution in [2.75, 3.05) is 32.8 Å². The number of carbonyl (C=O) groups is 2. The molecule has 6 nitrogen and oxygen atoms in total. The average Bonchev–Trinajstić information content (AvgIpc) is 3.08. The molecule has 1 aliphatic heterocycles. The molecule has 1 saturated heterocycles. The van der Waals surface area contributed by atoms with Gasteiger partial charge < -0.3 is 19.6 Å². The highest BCUT2D eigenvalue weighted by molar-refractivity contribution is 9.10. The van der Waals surface area contributed by atoms with Crippen molar-refractivity contribution in [3.05, 3.63) is 69.7 Å². The number of amides is 1. The summed E-state index contributed by atoms with van der Waals surface area (Å²) in [4.78, 5) is 30.0. The van der Waals surface area contributed by atoms with Crippen molar-refractivity contribution in [1.82, 2.24) is 9.80 Å². The lowest BCUT2D eigenvalue weighted by molar-refractivity contribution is -0.140. The number of rotatable bonds is 10. The molecule has 7 heteroatoms. The van der Waals surface area contributed by atoms with E-state index >= 15 is 0 Å². The van der Waals surface area contributed by atoms with Crippen LogP contribution in [0.4, 0.5) is 0 Å². The third-order valence-electron chi connectivity index (χ3n) is 5.88. The molecule has 1 unspecified atom stereocenters. The Morgan fingerprint density at radius 3 is 2.24 bits per heavy atom. The third kappa shape index (κ3) is 5.65. The van der Waals surface area contributed by atoms with E-state index in [-0.39, 0.29) is 11.3 Å². The first-order valence-electron chi connectivity index (χ1n) is 11.4. The first-order chi connectivity index (χ1) is 15.9. The molecule has 1 N–H and O–H groups in total. The number of carbonyl (C=O) groups excluding carboxylic acids is 2. The van der Waals surface area contributed by atoms with Crippen LogP contribution in [0.5, 0.6) is 5.75 Å². The molecule has 3 rings (SSSR count). The zero-order valence-corrected chi connectivity index (χ0v) is 21.0. The minimum absolute atomic E-state index is 0.115. The number of Topliss-reactive ketones (excluding diaryl/α,β-unsaturated/α-hetero) is 1. The molecule has 0 spiro atoms. The Morgan fingerprint density at radius 2 is 1.67 bits per heavy atom. The largest absolute Gasteiger partial charge is 0.507 e. The average molecular weight is 515 g/mol. The molecular formula is C26H31BrN2O4. The van der Waals surface area contributed by atoms with Gasteiger partial charge in [0, 0.05) is 23.1 Å². The molecule has 1 fully saturated rings. The van der Waals surface area contributed by atoms with Crippen LogP contribution in [0, 0.1) is 0 Å². The molecular weight excluding hydrogens is 484 g/mol. The maximum Gasteiger partial charge on any atom is 0.295 e. The maximum atomic E-state index is 13.1. The first-order valence-corrected chi connectivity index (χ1v) is 12.2. The number of benzene rings is 2. The highest BCUT2D eigenvalue weighted by Gasteiger charge is 2.45. The summed E-state index contributed by atoms with van der Waals surface area (Å²) in [6, 6.07) is 13.8. The second kappa shape index (κ2) is 11.5. The quantitative estimate of drug-likeness (QED) is 0.274. The standard InChI is InChI=1S/C26H31BrN2O4/c1-4-17-33-21-13-9-18(10-14-21)23-22(24(30)19-7-11-20(27)12-8-19)25(31)26(32)29(23)16-15-28(5-2)6-3/h7-14,23,30H,4-6,15-17H2,1-3H3/b24-22+. The van der Waals surface area contributed by atoms with Crippen LogP contribution in [0.25, 0.3) is 5.76 Å². The van der Waals surface area contributed by atoms with E-state index in [0.29, 0.717) is 25.3 Å². The van der Waals surface area contributed by atoms with E-state index in [4.69, 9.17) is 4.74 Å². The lowest BCUT2D eigenvalue weighted by atomic mass is 9.95. The maximum absolute atomic E-state index is 13.1. The Balaban J connectivity index is 2.04. The van der Waals surface area contributed by atoms with Gasteiger partial charge in [0.05, 0.1) is 18.2 Å². The number of hydrogen-bond donors (Lipinski definition) is 1. The van der Waals surface area contributed by atoms with E-state index < -0.39 is 17.7 Å². The minimum Gasteiger partial charge on any atom is -0.507 e. The topological polar surface area (TPSA) is 70.1 Å². The number of ketones is 1. The highest BCUT2D eigenvalue weighted by atomic mass is 79.9. The summed E-state index contributed by atoms with van der Waals surface area (Å²) >= 11 is 3.39. The van der Waals surface area contributed by atoms with Gasteiger partial charge in [-0.2, -0.15) is 0 Å². The molecule has 2 aromatic rings. The van der Waals surface area contributed by atoms with Crippen molar-refractivity contribution in [2.24, 2.45) is 0 Å². The van der Waals surface area contributed by atoms with Gasteiger partial charge in [-0.25, -0.2) is 0 Å². The molecule has 0 aromatic heterocycles. The Labute approximate surface area is 204 Å². The van der Waals surface area contributed by atoms with Crippen LogP contribution in [0.15, 0.2) is 58.6 Å². The van der Waals surface area contributed by atoms with Gasteiger partial charge in [-0.3, -0.25) is 9.59 Å². The van der Waals surface area contributed by atoms with Gasteiger partial charge in [-0.15, -0.1) is 0 Å². The molecule has 0 aliphatic carbocycles. The van der Waals surface area contributed by atoms with Crippen LogP contribution in [-0.2, 0) is 9.59 Å². The third-order valence-corrected chi connectivity index (χ3v) is 6.41. The molecule has 0 radical (unpaired) electrons. The molecule has 0 bridgehead atoms. The predicted octanol–water partition coefficient (Wildman–Crippen LogP) is 5.00. The van der Waals surface area contributed by atoms with E-state index in [1.54, 1.807) is 29.2 Å². The van der Waals surface area contributed by atoms with Crippen LogP contribution in [0.1, 0.15) is 44.4 Å². The number of ether oxygens (including phenoxy) is 1. The van der Waals surface area contributed by atoms with E-state index in [9.17, 15) is 14.7 Å². The number of nitrogens with zero attached hydrogens (tertiary/aromatic N) is 2. The summed E-state index contributed by atoms with van der Waals surface area (Å²) in [5.74, 6) is -0.681. The summed E-state index contributed by atoms with van der Waals surface area (Å²) in [6.45, 7) is 9.54. The van der Waals surface area contributed by atoms with Gasteiger partial charge >= 0.3 is 0 Å². The van der Waals surface area contributed by atoms with E-state index in [1.165, 1.54) is 0 Å². The van der Waals surface area contributed by atoms with Crippen LogP contribution in [-0.4, -0.2) is 59.4 Å². The van der Waals surface area contributed by atoms with Crippen LogP contribution >= 0.6 is 15.9 Å². The van der Waals surface area contributed by atoms with Crippen molar-refractivity contribution in [1.29, 1.82) is 0 Å². The summed E-state index contributed by atoms with van der Waals surface area (Å²) in [5.41, 5.74) is 1.37. The number of aliphatic hydroxyl groups is 1. The van der Waals surface area contributed by atoms with Gasteiger partial charge in [0.25, 0.3) is 11.7 Å². The van der Waals surface area contributed by atoms with Crippen molar-refractivity contribution in [3.63, 3.8) is 0 Å². The predicted molar refractivity (Wildman–Crippen MR) is 133 cm³/mol. The van der Waals surface area contributed by atoms with Crippen LogP contribution in [0.3, 0.4) is 0 Å². The van der Waals surface area contributed by atoms with Crippen molar-refractivity contribution >= 4 is 33.4 Å². The zero-order chi connectivity index (χ0) is 24.0. The Hall–Kier alpha value is -2.64. The smallest absolute Gasteiger partial charge is 0.295 e. The van der Waals surface area contributed by atoms with Gasteiger partial charge in [0.15, 0.2) is 0 Å².